The Balaban J connectivity index is 0.00000225. The Labute approximate surface area is 102 Å². The Bertz CT molecular complexity index is 303. The van der Waals surface area contributed by atoms with E-state index in [1.165, 1.54) is 0 Å². The Morgan fingerprint density at radius 3 is 2.56 bits per heavy atom. The summed E-state index contributed by atoms with van der Waals surface area (Å²) in [6.45, 7) is 2.50. The highest BCUT2D eigenvalue weighted by Crippen LogP contribution is 2.11. The van der Waals surface area contributed by atoms with Crippen molar-refractivity contribution in [1.29, 1.82) is 0 Å². The molecule has 0 heterocycles. The van der Waals surface area contributed by atoms with E-state index in [9.17, 15) is 4.79 Å². The van der Waals surface area contributed by atoms with Crippen LogP contribution in [0.2, 0.25) is 0 Å². The molecular formula is C12H18ClNO2. The summed E-state index contributed by atoms with van der Waals surface area (Å²) in [5.41, 5.74) is 6.54. The Kier molecular flexibility index (Phi) is 7.60. The van der Waals surface area contributed by atoms with Gasteiger partial charge in [-0.15, -0.1) is 12.4 Å². The highest BCUT2D eigenvalue weighted by Gasteiger charge is 2.16. The van der Waals surface area contributed by atoms with Crippen LogP contribution in [0.1, 0.15) is 31.4 Å². The van der Waals surface area contributed by atoms with Crippen LogP contribution >= 0.6 is 12.4 Å². The molecule has 0 saturated heterocycles. The minimum absolute atomic E-state index is 0. The Hall–Kier alpha value is -1.06. The predicted octanol–water partition coefficient (Wildman–Crippen LogP) is 2.45. The number of unbranched alkanes of at least 4 members (excludes halogenated alkanes) is 1. The van der Waals surface area contributed by atoms with Crippen molar-refractivity contribution in [3.63, 3.8) is 0 Å². The molecule has 0 aliphatic rings. The van der Waals surface area contributed by atoms with Gasteiger partial charge in [0.25, 0.3) is 0 Å². The summed E-state index contributed by atoms with van der Waals surface area (Å²) in [6, 6.07) is 8.59. The van der Waals surface area contributed by atoms with Crippen LogP contribution in [0.15, 0.2) is 30.3 Å². The van der Waals surface area contributed by atoms with Crippen molar-refractivity contribution < 1.29 is 9.53 Å². The maximum absolute atomic E-state index is 11.5. The average Bonchev–Trinajstić information content (AvgIpc) is 2.29. The smallest absolute Gasteiger partial charge is 0.327 e. The first-order valence-corrected chi connectivity index (χ1v) is 5.23. The average molecular weight is 244 g/mol. The van der Waals surface area contributed by atoms with Crippen LogP contribution in [0.25, 0.3) is 0 Å². The number of halogens is 1. The van der Waals surface area contributed by atoms with Gasteiger partial charge in [0.05, 0.1) is 6.61 Å². The first kappa shape index (κ1) is 14.9. The molecule has 4 heteroatoms. The highest BCUT2D eigenvalue weighted by atomic mass is 35.5. The maximum Gasteiger partial charge on any atom is 0.327 e. The van der Waals surface area contributed by atoms with Crippen molar-refractivity contribution in [2.75, 3.05) is 6.61 Å². The zero-order valence-corrected chi connectivity index (χ0v) is 10.2. The zero-order valence-electron chi connectivity index (χ0n) is 9.39. The quantitative estimate of drug-likeness (QED) is 0.639. The van der Waals surface area contributed by atoms with Gasteiger partial charge in [0, 0.05) is 0 Å². The molecule has 2 N–H and O–H groups in total. The fourth-order valence-electron chi connectivity index (χ4n) is 1.20. The molecule has 1 rings (SSSR count). The summed E-state index contributed by atoms with van der Waals surface area (Å²) in [7, 11) is 0. The molecule has 0 radical (unpaired) electrons. The standard InChI is InChI=1S/C12H17NO2.ClH/c1-2-3-9-15-12(14)11(13)10-7-5-4-6-8-10;/h4-8,11H,2-3,9,13H2,1H3;1H/t11-;/m1./s1. The van der Waals surface area contributed by atoms with Crippen molar-refractivity contribution in [3.8, 4) is 0 Å². The molecule has 1 aromatic carbocycles. The van der Waals surface area contributed by atoms with Gasteiger partial charge in [-0.1, -0.05) is 43.7 Å². The minimum atomic E-state index is -0.664. The van der Waals surface area contributed by atoms with Gasteiger partial charge in [0.1, 0.15) is 6.04 Å². The van der Waals surface area contributed by atoms with Gasteiger partial charge in [0.2, 0.25) is 0 Å². The van der Waals surface area contributed by atoms with E-state index >= 15 is 0 Å². The molecule has 0 aliphatic carbocycles. The number of nitrogens with two attached hydrogens (primary N) is 1. The van der Waals surface area contributed by atoms with Crippen LogP contribution < -0.4 is 5.73 Å². The minimum Gasteiger partial charge on any atom is -0.464 e. The number of esters is 1. The molecule has 0 fully saturated rings. The third kappa shape index (κ3) is 4.64. The van der Waals surface area contributed by atoms with Crippen molar-refractivity contribution in [2.24, 2.45) is 5.73 Å². The van der Waals surface area contributed by atoms with E-state index in [1.54, 1.807) is 0 Å². The van der Waals surface area contributed by atoms with E-state index in [2.05, 4.69) is 0 Å². The molecular weight excluding hydrogens is 226 g/mol. The van der Waals surface area contributed by atoms with E-state index in [1.807, 2.05) is 37.3 Å². The topological polar surface area (TPSA) is 52.3 Å². The lowest BCUT2D eigenvalue weighted by molar-refractivity contribution is -0.145. The first-order valence-electron chi connectivity index (χ1n) is 5.23. The van der Waals surface area contributed by atoms with Gasteiger partial charge in [-0.05, 0) is 12.0 Å². The summed E-state index contributed by atoms with van der Waals surface area (Å²) in [5, 5.41) is 0. The second kappa shape index (κ2) is 8.13. The second-order valence-electron chi connectivity index (χ2n) is 3.41. The molecule has 0 amide bonds. The fraction of sp³-hybridized carbons (Fsp3) is 0.417. The summed E-state index contributed by atoms with van der Waals surface area (Å²) in [4.78, 5) is 11.5. The van der Waals surface area contributed by atoms with Gasteiger partial charge in [-0.3, -0.25) is 0 Å². The lowest BCUT2D eigenvalue weighted by Crippen LogP contribution is -2.24. The molecule has 0 aromatic heterocycles. The molecule has 16 heavy (non-hydrogen) atoms. The number of ether oxygens (including phenoxy) is 1. The fourth-order valence-corrected chi connectivity index (χ4v) is 1.20. The molecule has 0 spiro atoms. The van der Waals surface area contributed by atoms with Gasteiger partial charge in [-0.2, -0.15) is 0 Å². The van der Waals surface area contributed by atoms with E-state index in [0.717, 1.165) is 18.4 Å². The van der Waals surface area contributed by atoms with Gasteiger partial charge < -0.3 is 10.5 Å². The maximum atomic E-state index is 11.5. The molecule has 0 saturated carbocycles. The predicted molar refractivity (Wildman–Crippen MR) is 66.5 cm³/mol. The van der Waals surface area contributed by atoms with Gasteiger partial charge in [-0.25, -0.2) is 4.79 Å². The lowest BCUT2D eigenvalue weighted by Gasteiger charge is -2.11. The van der Waals surface area contributed by atoms with Crippen LogP contribution in [-0.2, 0) is 9.53 Å². The lowest BCUT2D eigenvalue weighted by atomic mass is 10.1. The van der Waals surface area contributed by atoms with Crippen LogP contribution in [0.4, 0.5) is 0 Å². The van der Waals surface area contributed by atoms with Crippen LogP contribution in [0.3, 0.4) is 0 Å². The summed E-state index contributed by atoms with van der Waals surface area (Å²) >= 11 is 0. The summed E-state index contributed by atoms with van der Waals surface area (Å²) in [5.74, 6) is -0.352. The molecule has 1 aromatic rings. The molecule has 90 valence electrons. The largest absolute Gasteiger partial charge is 0.464 e. The van der Waals surface area contributed by atoms with Crippen molar-refractivity contribution in [3.05, 3.63) is 35.9 Å². The monoisotopic (exact) mass is 243 g/mol. The summed E-state index contributed by atoms with van der Waals surface area (Å²) < 4.78 is 5.03. The molecule has 3 nitrogen and oxygen atoms in total. The summed E-state index contributed by atoms with van der Waals surface area (Å²) in [6.07, 6.45) is 1.89. The van der Waals surface area contributed by atoms with Gasteiger partial charge >= 0.3 is 5.97 Å². The van der Waals surface area contributed by atoms with E-state index < -0.39 is 6.04 Å². The molecule has 0 aliphatic heterocycles. The Morgan fingerprint density at radius 1 is 1.38 bits per heavy atom. The zero-order chi connectivity index (χ0) is 11.1. The number of carbonyl (C=O) groups is 1. The number of carbonyl (C=O) groups excluding carboxylic acids is 1. The SMILES string of the molecule is CCCCOC(=O)[C@H](N)c1ccccc1.Cl. The number of hydrogen-bond acceptors (Lipinski definition) is 3. The van der Waals surface area contributed by atoms with E-state index in [4.69, 9.17) is 10.5 Å². The number of hydrogen-bond donors (Lipinski definition) is 1. The van der Waals surface area contributed by atoms with Crippen molar-refractivity contribution in [1.82, 2.24) is 0 Å². The third-order valence-corrected chi connectivity index (χ3v) is 2.15. The van der Waals surface area contributed by atoms with Crippen LogP contribution in [0, 0.1) is 0 Å². The molecule has 1 atom stereocenters. The van der Waals surface area contributed by atoms with Crippen LogP contribution in [-0.4, -0.2) is 12.6 Å². The van der Waals surface area contributed by atoms with E-state index in [0.29, 0.717) is 6.61 Å². The van der Waals surface area contributed by atoms with Crippen molar-refractivity contribution >= 4 is 18.4 Å². The highest BCUT2D eigenvalue weighted by molar-refractivity contribution is 5.85. The van der Waals surface area contributed by atoms with Crippen LogP contribution in [0.5, 0.6) is 0 Å². The van der Waals surface area contributed by atoms with E-state index in [-0.39, 0.29) is 18.4 Å². The van der Waals surface area contributed by atoms with Crippen molar-refractivity contribution in [2.45, 2.75) is 25.8 Å². The second-order valence-corrected chi connectivity index (χ2v) is 3.41. The molecule has 0 unspecified atom stereocenters. The number of rotatable bonds is 5. The molecule has 0 bridgehead atoms. The normalized spacial score (nSPS) is 11.4. The number of benzene rings is 1. The third-order valence-electron chi connectivity index (χ3n) is 2.15. The first-order chi connectivity index (χ1) is 7.25. The van der Waals surface area contributed by atoms with Gasteiger partial charge in [0.15, 0.2) is 0 Å². The Morgan fingerprint density at radius 2 is 2.00 bits per heavy atom.